The number of piperazine rings is 1. The number of aromatic nitrogens is 1. The average Bonchev–Trinajstić information content (AvgIpc) is 2.82. The summed E-state index contributed by atoms with van der Waals surface area (Å²) in [4.78, 5) is 18.9. The maximum Gasteiger partial charge on any atom is 0.410 e. The predicted octanol–water partition coefficient (Wildman–Crippen LogP) is 0.891. The topological polar surface area (TPSA) is 57.7 Å². The first kappa shape index (κ1) is 17.6. The molecule has 1 aromatic rings. The van der Waals surface area contributed by atoms with Gasteiger partial charge in [-0.1, -0.05) is 0 Å². The van der Waals surface area contributed by atoms with E-state index >= 15 is 0 Å². The lowest BCUT2D eigenvalue weighted by molar-refractivity contribution is -0.114. The Labute approximate surface area is 151 Å². The molecule has 1 amide bonds. The number of carbonyl (C=O) groups excluding carboxylic acids is 1. The minimum absolute atomic E-state index is 0.0767. The van der Waals surface area contributed by atoms with Gasteiger partial charge >= 0.3 is 16.6 Å². The third kappa shape index (κ3) is 5.13. The largest absolute Gasteiger partial charge is 0.505 e. The molecule has 1 fully saturated rings. The number of carbonyl (C=O) groups is 1. The zero-order valence-corrected chi connectivity index (χ0v) is 17.5. The van der Waals surface area contributed by atoms with Crippen LogP contribution in [0.4, 0.5) is 5.13 Å². The summed E-state index contributed by atoms with van der Waals surface area (Å²) in [6.45, 7) is 7.46. The van der Waals surface area contributed by atoms with Crippen LogP contribution in [-0.2, 0) is 15.1 Å². The zero-order valence-electron chi connectivity index (χ0n) is 12.5. The first-order chi connectivity index (χ1) is 9.99. The van der Waals surface area contributed by atoms with Gasteiger partial charge in [0.2, 0.25) is 5.91 Å². The fourth-order valence-corrected chi connectivity index (χ4v) is 4.57. The number of halogens is 1. The van der Waals surface area contributed by atoms with Crippen molar-refractivity contribution in [1.82, 2.24) is 13.0 Å². The second kappa shape index (κ2) is 8.20. The molecule has 1 aliphatic rings. The molecule has 6 nitrogen and oxygen atoms in total. The Bertz CT molecular complexity index is 490. The number of hydrogen-bond donors (Lipinski definition) is 1. The van der Waals surface area contributed by atoms with Gasteiger partial charge in [-0.2, -0.15) is 0 Å². The fraction of sp³-hybridized carbons (Fsp3) is 0.667. The van der Waals surface area contributed by atoms with Gasteiger partial charge in [0, 0.05) is 73.1 Å². The number of nitrogens with zero attached hydrogens (tertiary/aromatic N) is 3. The molecular formula is C12H20AlIN4O2S. The molecule has 9 heteroatoms. The molecule has 1 aliphatic heterocycles. The highest BCUT2D eigenvalue weighted by atomic mass is 127. The molecule has 0 aliphatic carbocycles. The molecule has 0 aromatic carbocycles. The first-order valence-corrected chi connectivity index (χ1v) is 9.47. The minimum atomic E-state index is -0.0767. The van der Waals surface area contributed by atoms with Crippen LogP contribution in [0.1, 0.15) is 18.7 Å². The Morgan fingerprint density at radius 2 is 2.43 bits per heavy atom. The third-order valence-corrected chi connectivity index (χ3v) is 5.87. The van der Waals surface area contributed by atoms with Crippen molar-refractivity contribution < 1.29 is 8.58 Å². The van der Waals surface area contributed by atoms with Crippen LogP contribution in [0.25, 0.3) is 0 Å². The quantitative estimate of drug-likeness (QED) is 0.421. The van der Waals surface area contributed by atoms with Crippen LogP contribution in [0.5, 0.6) is 0 Å². The molecule has 2 heterocycles. The van der Waals surface area contributed by atoms with Crippen molar-refractivity contribution in [3.05, 3.63) is 11.1 Å². The van der Waals surface area contributed by atoms with Crippen LogP contribution < -0.4 is 5.32 Å². The molecule has 2 atom stereocenters. The Morgan fingerprint density at radius 3 is 3.10 bits per heavy atom. The van der Waals surface area contributed by atoms with E-state index in [1.807, 2.05) is 6.20 Å². The Balaban J connectivity index is 1.97. The van der Waals surface area contributed by atoms with Gasteiger partial charge < -0.3 is 9.11 Å². The summed E-state index contributed by atoms with van der Waals surface area (Å²) >= 11 is 4.73. The molecule has 2 rings (SSSR count). The van der Waals surface area contributed by atoms with E-state index in [0.29, 0.717) is 17.2 Å². The van der Waals surface area contributed by atoms with Gasteiger partial charge in [0.15, 0.2) is 5.13 Å². The predicted molar refractivity (Wildman–Crippen MR) is 95.3 cm³/mol. The van der Waals surface area contributed by atoms with E-state index in [1.165, 1.54) is 11.8 Å². The van der Waals surface area contributed by atoms with Crippen LogP contribution in [-0.4, -0.2) is 67.3 Å². The van der Waals surface area contributed by atoms with Crippen molar-refractivity contribution in [3.63, 3.8) is 0 Å². The molecule has 0 spiro atoms. The molecule has 116 valence electrons. The number of hydrogen-bond acceptors (Lipinski definition) is 6. The molecule has 1 N–H and O–H groups in total. The first-order valence-electron chi connectivity index (χ1n) is 6.87. The third-order valence-electron chi connectivity index (χ3n) is 3.46. The fourth-order valence-electron chi connectivity index (χ4n) is 2.39. The lowest BCUT2D eigenvalue weighted by Crippen LogP contribution is -2.54. The highest BCUT2D eigenvalue weighted by Crippen LogP contribution is 2.24. The van der Waals surface area contributed by atoms with Gasteiger partial charge in [0.05, 0.1) is 6.04 Å². The number of amides is 1. The maximum atomic E-state index is 11.0. The van der Waals surface area contributed by atoms with E-state index in [4.69, 9.17) is 3.79 Å². The average molecular weight is 438 g/mol. The molecular weight excluding hydrogens is 418 g/mol. The SMILES string of the molecule is CC(=O)Nc1ncc(CN2CC(C[O][AlH2])N(I)CC2C)s1. The summed E-state index contributed by atoms with van der Waals surface area (Å²) in [7, 11) is 0. The van der Waals surface area contributed by atoms with E-state index in [1.54, 1.807) is 11.3 Å². The van der Waals surface area contributed by atoms with Gasteiger partial charge in [-0.05, 0) is 6.92 Å². The van der Waals surface area contributed by atoms with Gasteiger partial charge in [0.25, 0.3) is 0 Å². The van der Waals surface area contributed by atoms with Crippen molar-refractivity contribution in [2.75, 3.05) is 25.0 Å². The standard InChI is InChI=1S/C12H18IN4O2S.Al.2H/c1-8-4-17(13)10(7-18)5-16(8)6-11-3-14-12(20-11)15-9(2)19;;;/h3,8,10H,4-7H2,1-2H3,(H,14,15,19);;;/q-1;+1;;. The molecule has 2 unspecified atom stereocenters. The summed E-state index contributed by atoms with van der Waals surface area (Å²) in [5.74, 6) is -0.0767. The highest BCUT2D eigenvalue weighted by Gasteiger charge is 2.30. The highest BCUT2D eigenvalue weighted by molar-refractivity contribution is 14.1. The second-order valence-electron chi connectivity index (χ2n) is 5.28. The van der Waals surface area contributed by atoms with Crippen molar-refractivity contribution in [1.29, 1.82) is 0 Å². The summed E-state index contributed by atoms with van der Waals surface area (Å²) in [6, 6.07) is 0.945. The number of rotatable bonds is 5. The maximum absolute atomic E-state index is 11.0. The lowest BCUT2D eigenvalue weighted by Gasteiger charge is -2.42. The number of anilines is 1. The van der Waals surface area contributed by atoms with E-state index in [2.05, 4.69) is 48.1 Å². The molecule has 1 saturated heterocycles. The number of nitrogens with one attached hydrogen (secondary N) is 1. The monoisotopic (exact) mass is 438 g/mol. The Morgan fingerprint density at radius 1 is 1.67 bits per heavy atom. The normalized spacial score (nSPS) is 24.1. The Kier molecular flexibility index (Phi) is 6.87. The van der Waals surface area contributed by atoms with Gasteiger partial charge in [-0.15, -0.1) is 11.3 Å². The van der Waals surface area contributed by atoms with Crippen molar-refractivity contribution >= 4 is 61.9 Å². The molecule has 0 bridgehead atoms. The molecule has 21 heavy (non-hydrogen) atoms. The molecule has 0 radical (unpaired) electrons. The van der Waals surface area contributed by atoms with Crippen molar-refractivity contribution in [2.45, 2.75) is 32.5 Å². The van der Waals surface area contributed by atoms with Crippen LogP contribution in [0, 0.1) is 0 Å². The van der Waals surface area contributed by atoms with Crippen LogP contribution in [0.3, 0.4) is 0 Å². The van der Waals surface area contributed by atoms with E-state index in [9.17, 15) is 4.79 Å². The second-order valence-corrected chi connectivity index (χ2v) is 8.21. The van der Waals surface area contributed by atoms with Gasteiger partial charge in [0.1, 0.15) is 0 Å². The Hall–Kier alpha value is 0.242. The van der Waals surface area contributed by atoms with E-state index in [-0.39, 0.29) is 5.91 Å². The van der Waals surface area contributed by atoms with Gasteiger partial charge in [-0.3, -0.25) is 9.69 Å². The van der Waals surface area contributed by atoms with Gasteiger partial charge in [-0.25, -0.2) is 8.10 Å². The molecule has 0 saturated carbocycles. The van der Waals surface area contributed by atoms with Crippen LogP contribution in [0.15, 0.2) is 6.20 Å². The summed E-state index contributed by atoms with van der Waals surface area (Å²) in [6.07, 6.45) is 1.86. The smallest absolute Gasteiger partial charge is 0.410 e. The lowest BCUT2D eigenvalue weighted by atomic mass is 10.1. The molecule has 1 aromatic heterocycles. The summed E-state index contributed by atoms with van der Waals surface area (Å²) in [5.41, 5.74) is 0. The van der Waals surface area contributed by atoms with E-state index < -0.39 is 0 Å². The van der Waals surface area contributed by atoms with Crippen LogP contribution in [0.2, 0.25) is 0 Å². The van der Waals surface area contributed by atoms with E-state index in [0.717, 1.165) is 42.9 Å². The van der Waals surface area contributed by atoms with Crippen molar-refractivity contribution in [2.24, 2.45) is 0 Å². The minimum Gasteiger partial charge on any atom is -0.505 e. The summed E-state index contributed by atoms with van der Waals surface area (Å²) in [5, 5.41) is 3.41. The summed E-state index contributed by atoms with van der Waals surface area (Å²) < 4.78 is 7.80. The van der Waals surface area contributed by atoms with Crippen molar-refractivity contribution in [3.8, 4) is 0 Å². The zero-order chi connectivity index (χ0) is 15.4. The van der Waals surface area contributed by atoms with Crippen LogP contribution >= 0.6 is 34.2 Å². The number of thiazole rings is 1.